The summed E-state index contributed by atoms with van der Waals surface area (Å²) < 4.78 is 0. The maximum Gasteiger partial charge on any atom is 0.0720 e. The standard InChI is InChI=1S/C8H16O/c1-3-5-7-8(9)6-4-2/h4,6,8-9H,3,5,7H2,1-2H3/b6-4-/t8-/m0/s1. The number of hydrogen-bond acceptors (Lipinski definition) is 1. The van der Waals surface area contributed by atoms with Crippen LogP contribution in [0.2, 0.25) is 0 Å². The van der Waals surface area contributed by atoms with Gasteiger partial charge in [-0.2, -0.15) is 0 Å². The van der Waals surface area contributed by atoms with Gasteiger partial charge in [0.15, 0.2) is 0 Å². The molecule has 54 valence electrons. The van der Waals surface area contributed by atoms with E-state index in [2.05, 4.69) is 6.92 Å². The summed E-state index contributed by atoms with van der Waals surface area (Å²) in [5.41, 5.74) is 0. The molecule has 0 fully saturated rings. The Bertz CT molecular complexity index is 76.6. The highest BCUT2D eigenvalue weighted by atomic mass is 16.3. The molecule has 0 radical (unpaired) electrons. The molecule has 0 aromatic carbocycles. The first-order chi connectivity index (χ1) is 4.31. The zero-order valence-corrected chi connectivity index (χ0v) is 6.30. The summed E-state index contributed by atoms with van der Waals surface area (Å²) in [5.74, 6) is 0. The Morgan fingerprint density at radius 3 is 2.67 bits per heavy atom. The van der Waals surface area contributed by atoms with Gasteiger partial charge in [0.1, 0.15) is 0 Å². The van der Waals surface area contributed by atoms with Crippen LogP contribution in [0.5, 0.6) is 0 Å². The molecule has 0 aliphatic heterocycles. The van der Waals surface area contributed by atoms with Gasteiger partial charge in [0.05, 0.1) is 6.10 Å². The molecule has 0 unspecified atom stereocenters. The van der Waals surface area contributed by atoms with E-state index in [0.29, 0.717) is 0 Å². The zero-order valence-electron chi connectivity index (χ0n) is 6.30. The Morgan fingerprint density at radius 1 is 1.56 bits per heavy atom. The number of allylic oxidation sites excluding steroid dienone is 1. The Hall–Kier alpha value is -0.300. The largest absolute Gasteiger partial charge is 0.389 e. The molecule has 1 heteroatoms. The zero-order chi connectivity index (χ0) is 7.11. The molecule has 0 aromatic rings. The van der Waals surface area contributed by atoms with Gasteiger partial charge in [-0.1, -0.05) is 31.9 Å². The minimum atomic E-state index is -0.213. The minimum Gasteiger partial charge on any atom is -0.389 e. The quantitative estimate of drug-likeness (QED) is 0.575. The summed E-state index contributed by atoms with van der Waals surface area (Å²) in [6.45, 7) is 4.05. The van der Waals surface area contributed by atoms with Crippen LogP contribution in [-0.2, 0) is 0 Å². The molecule has 1 N–H and O–H groups in total. The predicted molar refractivity (Wildman–Crippen MR) is 40.3 cm³/mol. The fraction of sp³-hybridized carbons (Fsp3) is 0.750. The van der Waals surface area contributed by atoms with Crippen LogP contribution in [0.25, 0.3) is 0 Å². The van der Waals surface area contributed by atoms with E-state index >= 15 is 0 Å². The highest BCUT2D eigenvalue weighted by Gasteiger charge is 1.94. The smallest absolute Gasteiger partial charge is 0.0720 e. The van der Waals surface area contributed by atoms with Crippen molar-refractivity contribution in [2.75, 3.05) is 0 Å². The predicted octanol–water partition coefficient (Wildman–Crippen LogP) is 2.11. The molecule has 0 saturated heterocycles. The second-order valence-corrected chi connectivity index (χ2v) is 2.24. The van der Waals surface area contributed by atoms with E-state index in [-0.39, 0.29) is 6.10 Å². The average molecular weight is 128 g/mol. The Kier molecular flexibility index (Phi) is 5.64. The van der Waals surface area contributed by atoms with Crippen molar-refractivity contribution in [3.63, 3.8) is 0 Å². The fourth-order valence-corrected chi connectivity index (χ4v) is 0.732. The van der Waals surface area contributed by atoms with Gasteiger partial charge in [-0.3, -0.25) is 0 Å². The second kappa shape index (κ2) is 5.83. The molecule has 0 spiro atoms. The van der Waals surface area contributed by atoms with Crippen molar-refractivity contribution in [3.05, 3.63) is 12.2 Å². The lowest BCUT2D eigenvalue weighted by Gasteiger charge is -2.01. The molecular formula is C8H16O. The first-order valence-corrected chi connectivity index (χ1v) is 3.62. The molecule has 1 nitrogen and oxygen atoms in total. The second-order valence-electron chi connectivity index (χ2n) is 2.24. The molecule has 0 saturated carbocycles. The van der Waals surface area contributed by atoms with Crippen molar-refractivity contribution in [1.29, 1.82) is 0 Å². The van der Waals surface area contributed by atoms with Gasteiger partial charge in [0.25, 0.3) is 0 Å². The molecule has 0 aliphatic carbocycles. The van der Waals surface area contributed by atoms with Crippen LogP contribution < -0.4 is 0 Å². The lowest BCUT2D eigenvalue weighted by Crippen LogP contribution is -2.00. The Morgan fingerprint density at radius 2 is 2.22 bits per heavy atom. The van der Waals surface area contributed by atoms with Gasteiger partial charge in [0, 0.05) is 0 Å². The monoisotopic (exact) mass is 128 g/mol. The van der Waals surface area contributed by atoms with Gasteiger partial charge in [-0.05, 0) is 13.3 Å². The van der Waals surface area contributed by atoms with Crippen LogP contribution in [0.1, 0.15) is 33.1 Å². The fourth-order valence-electron chi connectivity index (χ4n) is 0.732. The molecule has 0 rings (SSSR count). The van der Waals surface area contributed by atoms with Crippen LogP contribution in [0.15, 0.2) is 12.2 Å². The van der Waals surface area contributed by atoms with Crippen molar-refractivity contribution < 1.29 is 5.11 Å². The summed E-state index contributed by atoms with van der Waals surface area (Å²) in [5, 5.41) is 9.09. The third-order valence-corrected chi connectivity index (χ3v) is 1.27. The van der Waals surface area contributed by atoms with Crippen LogP contribution >= 0.6 is 0 Å². The van der Waals surface area contributed by atoms with E-state index in [1.807, 2.05) is 19.1 Å². The Balaban J connectivity index is 3.15. The van der Waals surface area contributed by atoms with E-state index in [0.717, 1.165) is 19.3 Å². The maximum absolute atomic E-state index is 9.09. The van der Waals surface area contributed by atoms with E-state index < -0.39 is 0 Å². The van der Waals surface area contributed by atoms with E-state index in [4.69, 9.17) is 5.11 Å². The van der Waals surface area contributed by atoms with Crippen molar-refractivity contribution >= 4 is 0 Å². The topological polar surface area (TPSA) is 20.2 Å². The number of unbranched alkanes of at least 4 members (excludes halogenated alkanes) is 1. The molecule has 1 atom stereocenters. The molecule has 0 aliphatic rings. The van der Waals surface area contributed by atoms with Gasteiger partial charge < -0.3 is 5.11 Å². The van der Waals surface area contributed by atoms with Crippen molar-refractivity contribution in [1.82, 2.24) is 0 Å². The molecule has 0 aromatic heterocycles. The minimum absolute atomic E-state index is 0.213. The molecule has 0 bridgehead atoms. The van der Waals surface area contributed by atoms with Gasteiger partial charge in [-0.25, -0.2) is 0 Å². The summed E-state index contributed by atoms with van der Waals surface area (Å²) in [4.78, 5) is 0. The number of rotatable bonds is 4. The van der Waals surface area contributed by atoms with Gasteiger partial charge in [0.2, 0.25) is 0 Å². The SMILES string of the molecule is C/C=C\[C@H](O)CCCC. The van der Waals surface area contributed by atoms with Crippen molar-refractivity contribution in [2.24, 2.45) is 0 Å². The molecule has 0 heterocycles. The first kappa shape index (κ1) is 8.70. The molecule has 0 amide bonds. The van der Waals surface area contributed by atoms with Crippen LogP contribution in [-0.4, -0.2) is 11.2 Å². The van der Waals surface area contributed by atoms with Gasteiger partial charge >= 0.3 is 0 Å². The maximum atomic E-state index is 9.09. The highest BCUT2D eigenvalue weighted by molar-refractivity contribution is 4.84. The molecule has 9 heavy (non-hydrogen) atoms. The summed E-state index contributed by atoms with van der Waals surface area (Å²) in [6, 6.07) is 0. The van der Waals surface area contributed by atoms with E-state index in [1.165, 1.54) is 0 Å². The number of aliphatic hydroxyl groups is 1. The number of aliphatic hydroxyl groups excluding tert-OH is 1. The third-order valence-electron chi connectivity index (χ3n) is 1.27. The van der Waals surface area contributed by atoms with E-state index in [1.54, 1.807) is 0 Å². The molecular weight excluding hydrogens is 112 g/mol. The summed E-state index contributed by atoms with van der Waals surface area (Å²) >= 11 is 0. The third kappa shape index (κ3) is 5.57. The van der Waals surface area contributed by atoms with Crippen LogP contribution in [0.4, 0.5) is 0 Å². The lowest BCUT2D eigenvalue weighted by atomic mass is 10.1. The van der Waals surface area contributed by atoms with Crippen molar-refractivity contribution in [2.45, 2.75) is 39.2 Å². The average Bonchev–Trinajstić information content (AvgIpc) is 1.85. The first-order valence-electron chi connectivity index (χ1n) is 3.62. The van der Waals surface area contributed by atoms with Crippen LogP contribution in [0.3, 0.4) is 0 Å². The van der Waals surface area contributed by atoms with Crippen LogP contribution in [0, 0.1) is 0 Å². The normalized spacial score (nSPS) is 14.6. The van der Waals surface area contributed by atoms with E-state index in [9.17, 15) is 0 Å². The Labute approximate surface area is 57.4 Å². The number of hydrogen-bond donors (Lipinski definition) is 1. The summed E-state index contributed by atoms with van der Waals surface area (Å²) in [6.07, 6.45) is 6.69. The highest BCUT2D eigenvalue weighted by Crippen LogP contribution is 2.00. The summed E-state index contributed by atoms with van der Waals surface area (Å²) in [7, 11) is 0. The lowest BCUT2D eigenvalue weighted by molar-refractivity contribution is 0.209. The van der Waals surface area contributed by atoms with Crippen molar-refractivity contribution in [3.8, 4) is 0 Å². The van der Waals surface area contributed by atoms with Gasteiger partial charge in [-0.15, -0.1) is 0 Å².